The van der Waals surface area contributed by atoms with E-state index in [4.69, 9.17) is 9.47 Å². The first-order valence-corrected chi connectivity index (χ1v) is 14.9. The van der Waals surface area contributed by atoms with Gasteiger partial charge in [0.05, 0.1) is 32.8 Å². The normalized spacial score (nSPS) is 14.3. The van der Waals surface area contributed by atoms with Crippen LogP contribution in [0.4, 0.5) is 10.5 Å². The van der Waals surface area contributed by atoms with Crippen molar-refractivity contribution in [1.82, 2.24) is 20.1 Å². The predicted octanol–water partition coefficient (Wildman–Crippen LogP) is 4.68. The van der Waals surface area contributed by atoms with Crippen molar-refractivity contribution >= 4 is 28.6 Å². The standard InChI is InChI=1S/C34H41N5O4/c1-3-43-34(41)39(23-26-11-7-10-16-32(26)42-2)24-28(21-27-22-35-31-15-9-8-14-30(27)31)36-33(40)25-37-17-19-38(20-18-37)29-12-5-4-6-13-29/h4-16,22,28,35H,3,17-21,23-25H2,1-2H3,(H,36,40). The molecule has 2 heterocycles. The molecule has 1 aromatic heterocycles. The number of amides is 2. The number of nitrogens with zero attached hydrogens (tertiary/aromatic N) is 3. The summed E-state index contributed by atoms with van der Waals surface area (Å²) in [5.74, 6) is 0.641. The Balaban J connectivity index is 1.30. The monoisotopic (exact) mass is 583 g/mol. The van der Waals surface area contributed by atoms with Gasteiger partial charge in [-0.25, -0.2) is 4.79 Å². The van der Waals surface area contributed by atoms with Crippen LogP contribution in [0.1, 0.15) is 18.1 Å². The molecular weight excluding hydrogens is 542 g/mol. The number of hydrogen-bond acceptors (Lipinski definition) is 6. The van der Waals surface area contributed by atoms with Gasteiger partial charge in [-0.05, 0) is 43.2 Å². The molecule has 1 saturated heterocycles. The summed E-state index contributed by atoms with van der Waals surface area (Å²) in [6.07, 6.45) is 2.12. The molecule has 0 spiro atoms. The number of carbonyl (C=O) groups excluding carboxylic acids is 2. The van der Waals surface area contributed by atoms with Crippen molar-refractivity contribution < 1.29 is 19.1 Å². The summed E-state index contributed by atoms with van der Waals surface area (Å²) in [5.41, 5.74) is 4.19. The topological polar surface area (TPSA) is 90.1 Å². The molecule has 0 radical (unpaired) electrons. The number of ether oxygens (including phenoxy) is 2. The second kappa shape index (κ2) is 14.6. The lowest BCUT2D eigenvalue weighted by Gasteiger charge is -2.36. The average Bonchev–Trinajstić information content (AvgIpc) is 3.44. The van der Waals surface area contributed by atoms with Gasteiger partial charge in [-0.15, -0.1) is 0 Å². The SMILES string of the molecule is CCOC(=O)N(Cc1ccccc1OC)CC(Cc1c[nH]c2ccccc12)NC(=O)CN1CCN(c2ccccc2)CC1. The number of methoxy groups -OCH3 is 1. The average molecular weight is 584 g/mol. The third-order valence-electron chi connectivity index (χ3n) is 7.89. The van der Waals surface area contributed by atoms with Crippen molar-refractivity contribution in [3.63, 3.8) is 0 Å². The molecular formula is C34H41N5O4. The Morgan fingerprint density at radius 3 is 2.42 bits per heavy atom. The van der Waals surface area contributed by atoms with Crippen LogP contribution in [0.2, 0.25) is 0 Å². The summed E-state index contributed by atoms with van der Waals surface area (Å²) >= 11 is 0. The quantitative estimate of drug-likeness (QED) is 0.252. The minimum atomic E-state index is -0.427. The molecule has 2 N–H and O–H groups in total. The number of benzene rings is 3. The molecule has 9 heteroatoms. The Morgan fingerprint density at radius 2 is 1.65 bits per heavy atom. The number of rotatable bonds is 12. The van der Waals surface area contributed by atoms with Gasteiger partial charge in [0.25, 0.3) is 0 Å². The van der Waals surface area contributed by atoms with E-state index in [1.807, 2.05) is 54.7 Å². The van der Waals surface area contributed by atoms with Crippen LogP contribution in [0.3, 0.4) is 0 Å². The molecule has 1 aliphatic heterocycles. The van der Waals surface area contributed by atoms with E-state index in [1.54, 1.807) is 18.9 Å². The molecule has 5 rings (SSSR count). The fourth-order valence-electron chi connectivity index (χ4n) is 5.73. The summed E-state index contributed by atoms with van der Waals surface area (Å²) in [4.78, 5) is 36.2. The van der Waals surface area contributed by atoms with Gasteiger partial charge in [0.2, 0.25) is 5.91 Å². The third kappa shape index (κ3) is 7.87. The van der Waals surface area contributed by atoms with Gasteiger partial charge >= 0.3 is 6.09 Å². The highest BCUT2D eigenvalue weighted by Crippen LogP contribution is 2.22. The number of H-pyrrole nitrogens is 1. The van der Waals surface area contributed by atoms with Gasteiger partial charge < -0.3 is 29.6 Å². The van der Waals surface area contributed by atoms with Crippen molar-refractivity contribution in [1.29, 1.82) is 0 Å². The lowest BCUT2D eigenvalue weighted by atomic mass is 10.0. The van der Waals surface area contributed by atoms with Crippen LogP contribution in [-0.4, -0.2) is 85.8 Å². The highest BCUT2D eigenvalue weighted by molar-refractivity contribution is 5.83. The van der Waals surface area contributed by atoms with Gasteiger partial charge in [0.15, 0.2) is 0 Å². The Kier molecular flexibility index (Phi) is 10.2. The fourth-order valence-corrected chi connectivity index (χ4v) is 5.73. The summed E-state index contributed by atoms with van der Waals surface area (Å²) in [6, 6.07) is 25.8. The van der Waals surface area contributed by atoms with Crippen molar-refractivity contribution in [2.75, 3.05) is 57.9 Å². The van der Waals surface area contributed by atoms with Crippen molar-refractivity contribution in [3.8, 4) is 5.75 Å². The van der Waals surface area contributed by atoms with Crippen LogP contribution < -0.4 is 15.0 Å². The molecule has 4 aromatic rings. The molecule has 1 atom stereocenters. The van der Waals surface area contributed by atoms with E-state index in [0.29, 0.717) is 25.3 Å². The summed E-state index contributed by atoms with van der Waals surface area (Å²) in [6.45, 7) is 6.28. The number of para-hydroxylation sites is 3. The number of anilines is 1. The molecule has 1 aliphatic rings. The first-order chi connectivity index (χ1) is 21.0. The van der Waals surface area contributed by atoms with Crippen LogP contribution in [0.5, 0.6) is 5.75 Å². The van der Waals surface area contributed by atoms with E-state index in [1.165, 1.54) is 5.69 Å². The molecule has 0 saturated carbocycles. The molecule has 1 unspecified atom stereocenters. The van der Waals surface area contributed by atoms with Gasteiger partial charge in [0, 0.05) is 61.1 Å². The van der Waals surface area contributed by atoms with Crippen molar-refractivity contribution in [2.45, 2.75) is 25.9 Å². The molecule has 3 aromatic carbocycles. The Bertz CT molecular complexity index is 1480. The first kappa shape index (κ1) is 30.0. The van der Waals surface area contributed by atoms with E-state index >= 15 is 0 Å². The molecule has 2 amide bonds. The summed E-state index contributed by atoms with van der Waals surface area (Å²) in [7, 11) is 1.62. The lowest BCUT2D eigenvalue weighted by molar-refractivity contribution is -0.123. The number of carbonyl (C=O) groups is 2. The van der Waals surface area contributed by atoms with E-state index in [-0.39, 0.29) is 25.1 Å². The molecule has 9 nitrogen and oxygen atoms in total. The molecule has 226 valence electrons. The van der Waals surface area contributed by atoms with E-state index in [0.717, 1.165) is 48.2 Å². The van der Waals surface area contributed by atoms with Crippen LogP contribution in [0.15, 0.2) is 85.1 Å². The molecule has 43 heavy (non-hydrogen) atoms. The van der Waals surface area contributed by atoms with E-state index < -0.39 is 6.09 Å². The second-order valence-corrected chi connectivity index (χ2v) is 10.8. The zero-order chi connectivity index (χ0) is 30.0. The molecule has 0 bridgehead atoms. The second-order valence-electron chi connectivity index (χ2n) is 10.8. The van der Waals surface area contributed by atoms with E-state index in [9.17, 15) is 9.59 Å². The van der Waals surface area contributed by atoms with Gasteiger partial charge in [0.1, 0.15) is 5.75 Å². The smallest absolute Gasteiger partial charge is 0.410 e. The van der Waals surface area contributed by atoms with E-state index in [2.05, 4.69) is 50.4 Å². The Labute approximate surface area is 253 Å². The van der Waals surface area contributed by atoms with Gasteiger partial charge in [-0.2, -0.15) is 0 Å². The molecule has 0 aliphatic carbocycles. The predicted molar refractivity (Wildman–Crippen MR) is 169 cm³/mol. The third-order valence-corrected chi connectivity index (χ3v) is 7.89. The van der Waals surface area contributed by atoms with Gasteiger partial charge in [-0.1, -0.05) is 54.6 Å². The van der Waals surface area contributed by atoms with Crippen molar-refractivity contribution in [3.05, 3.63) is 96.2 Å². The highest BCUT2D eigenvalue weighted by Gasteiger charge is 2.26. The number of aromatic amines is 1. The molecule has 1 fully saturated rings. The number of aromatic nitrogens is 1. The Morgan fingerprint density at radius 1 is 0.930 bits per heavy atom. The van der Waals surface area contributed by atoms with Crippen LogP contribution >= 0.6 is 0 Å². The maximum absolute atomic E-state index is 13.5. The maximum Gasteiger partial charge on any atom is 0.410 e. The highest BCUT2D eigenvalue weighted by atomic mass is 16.6. The first-order valence-electron chi connectivity index (χ1n) is 14.9. The minimum absolute atomic E-state index is 0.0564. The largest absolute Gasteiger partial charge is 0.496 e. The number of fused-ring (bicyclic) bond motifs is 1. The van der Waals surface area contributed by atoms with Crippen molar-refractivity contribution in [2.24, 2.45) is 0 Å². The minimum Gasteiger partial charge on any atom is -0.496 e. The number of nitrogens with one attached hydrogen (secondary N) is 2. The van der Waals surface area contributed by atoms with Crippen LogP contribution in [0.25, 0.3) is 10.9 Å². The van der Waals surface area contributed by atoms with Gasteiger partial charge in [-0.3, -0.25) is 9.69 Å². The van der Waals surface area contributed by atoms with Crippen LogP contribution in [0, 0.1) is 0 Å². The number of hydrogen-bond donors (Lipinski definition) is 2. The summed E-state index contributed by atoms with van der Waals surface area (Å²) in [5, 5.41) is 4.37. The lowest BCUT2D eigenvalue weighted by Crippen LogP contribution is -2.52. The number of piperazine rings is 1. The Hall–Kier alpha value is -4.50. The maximum atomic E-state index is 13.5. The van der Waals surface area contributed by atoms with Crippen LogP contribution in [-0.2, 0) is 22.5 Å². The zero-order valence-electron chi connectivity index (χ0n) is 25.0. The fraction of sp³-hybridized carbons (Fsp3) is 0.353. The zero-order valence-corrected chi connectivity index (χ0v) is 25.0. The summed E-state index contributed by atoms with van der Waals surface area (Å²) < 4.78 is 11.0.